The summed E-state index contributed by atoms with van der Waals surface area (Å²) >= 11 is 0. The van der Waals surface area contributed by atoms with Crippen molar-refractivity contribution in [2.24, 2.45) is 0 Å². The van der Waals surface area contributed by atoms with Crippen molar-refractivity contribution < 1.29 is 0 Å². The van der Waals surface area contributed by atoms with Crippen LogP contribution in [-0.2, 0) is 0 Å². The highest BCUT2D eigenvalue weighted by molar-refractivity contribution is 5.35. The number of hydrogen-bond donors (Lipinski definition) is 1. The molecule has 0 spiro atoms. The summed E-state index contributed by atoms with van der Waals surface area (Å²) < 4.78 is 1.16. The molecule has 5 heteroatoms. The van der Waals surface area contributed by atoms with E-state index in [0.717, 1.165) is 4.68 Å². The molecule has 0 aliphatic rings. The van der Waals surface area contributed by atoms with Crippen molar-refractivity contribution in [2.45, 2.75) is 0 Å². The van der Waals surface area contributed by atoms with E-state index in [-0.39, 0.29) is 11.2 Å². The number of aromatic nitrogens is 3. The number of hydrogen-bond acceptors (Lipinski definition) is 4. The molecule has 70 valence electrons. The summed E-state index contributed by atoms with van der Waals surface area (Å²) in [5.41, 5.74) is 5.26. The highest BCUT2D eigenvalue weighted by Crippen LogP contribution is 1.98. The second-order valence-corrected chi connectivity index (χ2v) is 2.69. The van der Waals surface area contributed by atoms with Crippen LogP contribution in [-0.4, -0.2) is 14.8 Å². The lowest BCUT2D eigenvalue weighted by molar-refractivity contribution is 0.785. The van der Waals surface area contributed by atoms with Gasteiger partial charge in [0.25, 0.3) is 5.56 Å². The normalized spacial score (nSPS) is 10.0. The van der Waals surface area contributed by atoms with Crippen LogP contribution in [0.2, 0.25) is 0 Å². The zero-order chi connectivity index (χ0) is 9.97. The van der Waals surface area contributed by atoms with Gasteiger partial charge in [0.1, 0.15) is 5.69 Å². The van der Waals surface area contributed by atoms with Gasteiger partial charge < -0.3 is 5.73 Å². The van der Waals surface area contributed by atoms with Gasteiger partial charge in [0.15, 0.2) is 5.82 Å². The van der Waals surface area contributed by atoms with Gasteiger partial charge in [-0.1, -0.05) is 6.07 Å². The van der Waals surface area contributed by atoms with E-state index >= 15 is 0 Å². The molecule has 2 N–H and O–H groups in total. The van der Waals surface area contributed by atoms with Crippen molar-refractivity contribution in [1.29, 1.82) is 0 Å². The predicted octanol–water partition coefficient (Wildman–Crippen LogP) is 0.210. The Bertz CT molecular complexity index is 492. The van der Waals surface area contributed by atoms with E-state index in [0.29, 0.717) is 5.82 Å². The molecule has 14 heavy (non-hydrogen) atoms. The predicted molar refractivity (Wildman–Crippen MR) is 52.0 cm³/mol. The van der Waals surface area contributed by atoms with Crippen molar-refractivity contribution in [2.75, 3.05) is 5.73 Å². The Hall–Kier alpha value is -2.17. The molecule has 0 aliphatic heterocycles. The van der Waals surface area contributed by atoms with Crippen LogP contribution in [0.3, 0.4) is 0 Å². The second kappa shape index (κ2) is 3.29. The summed E-state index contributed by atoms with van der Waals surface area (Å²) in [5, 5.41) is 3.87. The molecule has 0 atom stereocenters. The molecule has 5 nitrogen and oxygen atoms in total. The highest BCUT2D eigenvalue weighted by Gasteiger charge is 2.02. The number of nitrogens with two attached hydrogens (primary N) is 1. The lowest BCUT2D eigenvalue weighted by atomic mass is 10.4. The number of anilines is 1. The average molecular weight is 188 g/mol. The SMILES string of the molecule is Nc1ccnn(-c2ccccn2)c1=O. The molecule has 0 fully saturated rings. The van der Waals surface area contributed by atoms with Gasteiger partial charge in [-0.3, -0.25) is 4.79 Å². The molecule has 2 heterocycles. The van der Waals surface area contributed by atoms with Crippen LogP contribution in [0.15, 0.2) is 41.5 Å². The molecule has 0 saturated heterocycles. The Kier molecular flexibility index (Phi) is 1.98. The molecule has 2 aromatic rings. The van der Waals surface area contributed by atoms with Gasteiger partial charge in [0, 0.05) is 6.20 Å². The van der Waals surface area contributed by atoms with Crippen molar-refractivity contribution in [3.63, 3.8) is 0 Å². The van der Waals surface area contributed by atoms with Crippen LogP contribution in [0.5, 0.6) is 0 Å². The molecule has 0 radical (unpaired) electrons. The zero-order valence-corrected chi connectivity index (χ0v) is 7.29. The van der Waals surface area contributed by atoms with E-state index in [1.807, 2.05) is 0 Å². The third-order valence-corrected chi connectivity index (χ3v) is 1.74. The Labute approximate surface area is 79.8 Å². The minimum Gasteiger partial charge on any atom is -0.394 e. The molecule has 0 unspecified atom stereocenters. The van der Waals surface area contributed by atoms with Crippen LogP contribution < -0.4 is 11.3 Å². The van der Waals surface area contributed by atoms with E-state index < -0.39 is 0 Å². The lowest BCUT2D eigenvalue weighted by Crippen LogP contribution is -2.23. The van der Waals surface area contributed by atoms with E-state index in [1.165, 1.54) is 12.3 Å². The summed E-state index contributed by atoms with van der Waals surface area (Å²) in [6.07, 6.45) is 3.05. The summed E-state index contributed by atoms with van der Waals surface area (Å²) in [6.45, 7) is 0. The van der Waals surface area contributed by atoms with Crippen molar-refractivity contribution in [3.05, 3.63) is 47.0 Å². The van der Waals surface area contributed by atoms with Crippen molar-refractivity contribution in [1.82, 2.24) is 14.8 Å². The van der Waals surface area contributed by atoms with Gasteiger partial charge in [-0.05, 0) is 18.2 Å². The second-order valence-electron chi connectivity index (χ2n) is 2.69. The largest absolute Gasteiger partial charge is 0.394 e. The van der Waals surface area contributed by atoms with Crippen LogP contribution >= 0.6 is 0 Å². The quantitative estimate of drug-likeness (QED) is 0.694. The molecule has 2 rings (SSSR count). The summed E-state index contributed by atoms with van der Waals surface area (Å²) in [6, 6.07) is 6.69. The topological polar surface area (TPSA) is 73.8 Å². The lowest BCUT2D eigenvalue weighted by Gasteiger charge is -2.02. The molecule has 0 saturated carbocycles. The summed E-state index contributed by atoms with van der Waals surface area (Å²) in [5.74, 6) is 0.463. The van der Waals surface area contributed by atoms with Crippen molar-refractivity contribution >= 4 is 5.69 Å². The van der Waals surface area contributed by atoms with Gasteiger partial charge >= 0.3 is 0 Å². The van der Waals surface area contributed by atoms with Crippen LogP contribution in [0, 0.1) is 0 Å². The van der Waals surface area contributed by atoms with E-state index in [1.54, 1.807) is 24.4 Å². The fourth-order valence-electron chi connectivity index (χ4n) is 1.07. The Morgan fingerprint density at radius 1 is 1.21 bits per heavy atom. The molecular formula is C9H8N4O. The zero-order valence-electron chi connectivity index (χ0n) is 7.29. The maximum Gasteiger partial charge on any atom is 0.296 e. The van der Waals surface area contributed by atoms with Gasteiger partial charge in [-0.25, -0.2) is 4.98 Å². The molecule has 0 amide bonds. The van der Waals surface area contributed by atoms with E-state index in [4.69, 9.17) is 5.73 Å². The molecule has 0 aliphatic carbocycles. The fraction of sp³-hybridized carbons (Fsp3) is 0. The van der Waals surface area contributed by atoms with Crippen molar-refractivity contribution in [3.8, 4) is 5.82 Å². The van der Waals surface area contributed by atoms with Crippen LogP contribution in [0.1, 0.15) is 0 Å². The molecule has 0 bridgehead atoms. The average Bonchev–Trinajstić information content (AvgIpc) is 2.23. The first-order valence-corrected chi connectivity index (χ1v) is 4.04. The van der Waals surface area contributed by atoms with E-state index in [9.17, 15) is 4.79 Å². The minimum atomic E-state index is -0.355. The number of nitrogen functional groups attached to an aromatic ring is 1. The summed E-state index contributed by atoms with van der Waals surface area (Å²) in [7, 11) is 0. The van der Waals surface area contributed by atoms with Crippen LogP contribution in [0.25, 0.3) is 5.82 Å². The number of nitrogens with zero attached hydrogens (tertiary/aromatic N) is 3. The first-order valence-electron chi connectivity index (χ1n) is 4.04. The van der Waals surface area contributed by atoms with E-state index in [2.05, 4.69) is 10.1 Å². The first kappa shape index (κ1) is 8.43. The first-order chi connectivity index (χ1) is 6.79. The van der Waals surface area contributed by atoms with Crippen LogP contribution in [0.4, 0.5) is 5.69 Å². The fourth-order valence-corrected chi connectivity index (χ4v) is 1.07. The van der Waals surface area contributed by atoms with Gasteiger partial charge in [-0.15, -0.1) is 0 Å². The molecule has 0 aromatic carbocycles. The Morgan fingerprint density at radius 2 is 2.07 bits per heavy atom. The van der Waals surface area contributed by atoms with Gasteiger partial charge in [0.2, 0.25) is 0 Å². The standard InChI is InChI=1S/C9H8N4O/c10-7-4-6-12-13(9(7)14)8-3-1-2-5-11-8/h1-6H,10H2. The van der Waals surface area contributed by atoms with Gasteiger partial charge in [-0.2, -0.15) is 9.78 Å². The Balaban J connectivity index is 2.64. The highest BCUT2D eigenvalue weighted by atomic mass is 16.1. The third kappa shape index (κ3) is 1.35. The smallest absolute Gasteiger partial charge is 0.296 e. The monoisotopic (exact) mass is 188 g/mol. The molecule has 2 aromatic heterocycles. The number of rotatable bonds is 1. The summed E-state index contributed by atoms with van der Waals surface area (Å²) in [4.78, 5) is 15.5. The maximum atomic E-state index is 11.5. The third-order valence-electron chi connectivity index (χ3n) is 1.74. The van der Waals surface area contributed by atoms with Gasteiger partial charge in [0.05, 0.1) is 6.20 Å². The number of pyridine rings is 1. The Morgan fingerprint density at radius 3 is 2.79 bits per heavy atom. The molecular weight excluding hydrogens is 180 g/mol. The minimum absolute atomic E-state index is 0.158. The maximum absolute atomic E-state index is 11.5.